The minimum atomic E-state index is -4.62. The first kappa shape index (κ1) is 19.8. The van der Waals surface area contributed by atoms with Gasteiger partial charge >= 0.3 is 6.18 Å². The highest BCUT2D eigenvalue weighted by Crippen LogP contribution is 2.46. The van der Waals surface area contributed by atoms with Crippen LogP contribution in [0.25, 0.3) is 21.7 Å². The number of oxazole rings is 1. The van der Waals surface area contributed by atoms with Crippen molar-refractivity contribution in [2.24, 2.45) is 0 Å². The van der Waals surface area contributed by atoms with Crippen molar-refractivity contribution in [2.75, 3.05) is 25.1 Å². The molecule has 0 spiro atoms. The summed E-state index contributed by atoms with van der Waals surface area (Å²) in [5.74, 6) is 0. The number of nitrogens with zero attached hydrogens (tertiary/aromatic N) is 3. The standard InChI is InChI=1S/C20H21F3N4O2S/c1-19(2,28-3)13-7-12(17-24-4-5-30-17)16-15(14(13)20(21,22)23)26-18(29-16)27-8-10-6-11(9-27)25-10/h4-5,7,10-11,25H,6,8-9H2,1-3H3. The highest BCUT2D eigenvalue weighted by atomic mass is 32.1. The quantitative estimate of drug-likeness (QED) is 0.652. The van der Waals surface area contributed by atoms with Gasteiger partial charge in [-0.05, 0) is 31.9 Å². The van der Waals surface area contributed by atoms with Gasteiger partial charge in [-0.15, -0.1) is 11.3 Å². The Morgan fingerprint density at radius 1 is 1.27 bits per heavy atom. The summed E-state index contributed by atoms with van der Waals surface area (Å²) in [6.45, 7) is 4.54. The average Bonchev–Trinajstić information content (AvgIpc) is 3.35. The monoisotopic (exact) mass is 438 g/mol. The van der Waals surface area contributed by atoms with Crippen molar-refractivity contribution in [2.45, 2.75) is 44.1 Å². The minimum absolute atomic E-state index is 0.0122. The molecule has 3 fully saturated rings. The van der Waals surface area contributed by atoms with E-state index in [2.05, 4.69) is 15.3 Å². The zero-order valence-corrected chi connectivity index (χ0v) is 17.5. The van der Waals surface area contributed by atoms with Gasteiger partial charge in [0.25, 0.3) is 6.01 Å². The van der Waals surface area contributed by atoms with E-state index in [0.717, 1.165) is 6.42 Å². The van der Waals surface area contributed by atoms with Gasteiger partial charge in [0.1, 0.15) is 10.5 Å². The van der Waals surface area contributed by atoms with E-state index in [-0.39, 0.29) is 22.7 Å². The summed E-state index contributed by atoms with van der Waals surface area (Å²) in [6, 6.07) is 2.35. The van der Waals surface area contributed by atoms with Crippen molar-refractivity contribution in [1.82, 2.24) is 15.3 Å². The molecule has 1 aromatic carbocycles. The van der Waals surface area contributed by atoms with Crippen LogP contribution in [-0.4, -0.2) is 42.3 Å². The molecule has 2 atom stereocenters. The minimum Gasteiger partial charge on any atom is -0.423 e. The van der Waals surface area contributed by atoms with Gasteiger partial charge in [-0.1, -0.05) is 0 Å². The molecule has 5 heterocycles. The van der Waals surface area contributed by atoms with Crippen LogP contribution in [0.4, 0.5) is 19.2 Å². The van der Waals surface area contributed by atoms with Gasteiger partial charge in [0.15, 0.2) is 5.58 Å². The van der Waals surface area contributed by atoms with Gasteiger partial charge in [-0.25, -0.2) is 4.98 Å². The molecule has 3 aromatic rings. The molecule has 6 rings (SSSR count). The second-order valence-corrected chi connectivity index (χ2v) is 9.17. The van der Waals surface area contributed by atoms with Crippen LogP contribution in [0, 0.1) is 0 Å². The molecule has 160 valence electrons. The van der Waals surface area contributed by atoms with E-state index in [9.17, 15) is 13.2 Å². The Labute approximate surface area is 175 Å². The highest BCUT2D eigenvalue weighted by molar-refractivity contribution is 7.13. The second-order valence-electron chi connectivity index (χ2n) is 8.27. The number of fused-ring (bicyclic) bond motifs is 3. The number of hydrogen-bond acceptors (Lipinski definition) is 7. The Balaban J connectivity index is 1.78. The number of anilines is 1. The van der Waals surface area contributed by atoms with Crippen molar-refractivity contribution in [3.63, 3.8) is 0 Å². The van der Waals surface area contributed by atoms with Crippen molar-refractivity contribution < 1.29 is 22.3 Å². The van der Waals surface area contributed by atoms with Gasteiger partial charge in [0.2, 0.25) is 0 Å². The van der Waals surface area contributed by atoms with Crippen LogP contribution in [-0.2, 0) is 16.5 Å². The number of benzene rings is 1. The van der Waals surface area contributed by atoms with Crippen LogP contribution in [0.3, 0.4) is 0 Å². The molecule has 10 heteroatoms. The molecular formula is C20H21F3N4O2S. The van der Waals surface area contributed by atoms with Crippen molar-refractivity contribution in [1.29, 1.82) is 0 Å². The van der Waals surface area contributed by atoms with E-state index in [4.69, 9.17) is 9.15 Å². The van der Waals surface area contributed by atoms with E-state index in [1.165, 1.54) is 24.5 Å². The van der Waals surface area contributed by atoms with E-state index in [1.54, 1.807) is 25.4 Å². The third-order valence-electron chi connectivity index (χ3n) is 5.95. The second kappa shape index (κ2) is 6.66. The fourth-order valence-corrected chi connectivity index (χ4v) is 4.91. The van der Waals surface area contributed by atoms with Gasteiger partial charge in [0, 0.05) is 43.9 Å². The van der Waals surface area contributed by atoms with Crippen LogP contribution in [0.5, 0.6) is 0 Å². The van der Waals surface area contributed by atoms with E-state index >= 15 is 0 Å². The van der Waals surface area contributed by atoms with Gasteiger partial charge in [-0.3, -0.25) is 0 Å². The molecule has 0 amide bonds. The Kier molecular flexibility index (Phi) is 4.39. The van der Waals surface area contributed by atoms with Crippen molar-refractivity contribution >= 4 is 28.5 Å². The molecule has 6 nitrogen and oxygen atoms in total. The zero-order chi connectivity index (χ0) is 21.3. The lowest BCUT2D eigenvalue weighted by molar-refractivity contribution is -0.139. The summed E-state index contributed by atoms with van der Waals surface area (Å²) < 4.78 is 54.2. The Morgan fingerprint density at radius 3 is 2.53 bits per heavy atom. The lowest BCUT2D eigenvalue weighted by Gasteiger charge is -2.47. The Hall–Kier alpha value is -2.17. The first-order valence-electron chi connectivity index (χ1n) is 9.68. The first-order valence-corrected chi connectivity index (χ1v) is 10.6. The summed E-state index contributed by atoms with van der Waals surface area (Å²) in [5, 5.41) is 5.76. The third kappa shape index (κ3) is 3.09. The number of halogens is 3. The Morgan fingerprint density at radius 2 is 1.97 bits per heavy atom. The van der Waals surface area contributed by atoms with Crippen LogP contribution < -0.4 is 10.2 Å². The number of alkyl halides is 3. The van der Waals surface area contributed by atoms with Crippen LogP contribution >= 0.6 is 11.3 Å². The SMILES string of the molecule is COC(C)(C)c1cc(-c2nccs2)c2oc(N3CC4CC(C3)N4)nc2c1C(F)(F)F. The van der Waals surface area contributed by atoms with Gasteiger partial charge in [0.05, 0.1) is 16.7 Å². The first-order chi connectivity index (χ1) is 14.2. The molecule has 0 saturated carbocycles. The molecule has 2 bridgehead atoms. The molecule has 1 N–H and O–H groups in total. The average molecular weight is 438 g/mol. The maximum atomic E-state index is 14.3. The number of rotatable bonds is 4. The number of hydrogen-bond donors (Lipinski definition) is 1. The molecule has 0 aliphatic carbocycles. The van der Waals surface area contributed by atoms with Gasteiger partial charge < -0.3 is 19.4 Å². The van der Waals surface area contributed by atoms with E-state index in [1.807, 2.05) is 4.90 Å². The number of thiazole rings is 1. The Bertz CT molecular complexity index is 1080. The molecule has 0 radical (unpaired) electrons. The number of piperidine rings is 1. The maximum Gasteiger partial charge on any atom is 0.419 e. The number of aromatic nitrogens is 2. The summed E-state index contributed by atoms with van der Waals surface area (Å²) in [6.07, 6.45) is -1.93. The number of methoxy groups -OCH3 is 1. The lowest BCUT2D eigenvalue weighted by Crippen LogP contribution is -2.67. The summed E-state index contributed by atoms with van der Waals surface area (Å²) >= 11 is 1.34. The van der Waals surface area contributed by atoms with Crippen LogP contribution in [0.1, 0.15) is 31.4 Å². The lowest BCUT2D eigenvalue weighted by atomic mass is 9.89. The number of ether oxygens (including phenoxy) is 1. The zero-order valence-electron chi connectivity index (χ0n) is 16.7. The van der Waals surface area contributed by atoms with Crippen molar-refractivity contribution in [3.8, 4) is 10.6 Å². The highest BCUT2D eigenvalue weighted by Gasteiger charge is 2.44. The number of piperazine rings is 1. The molecule has 30 heavy (non-hydrogen) atoms. The third-order valence-corrected chi connectivity index (χ3v) is 6.76. The normalized spacial score (nSPS) is 21.9. The summed E-state index contributed by atoms with van der Waals surface area (Å²) in [4.78, 5) is 10.6. The predicted molar refractivity (Wildman–Crippen MR) is 108 cm³/mol. The van der Waals surface area contributed by atoms with Crippen LogP contribution in [0.2, 0.25) is 0 Å². The van der Waals surface area contributed by atoms with Crippen LogP contribution in [0.15, 0.2) is 22.1 Å². The largest absolute Gasteiger partial charge is 0.423 e. The van der Waals surface area contributed by atoms with Gasteiger partial charge in [-0.2, -0.15) is 18.2 Å². The summed E-state index contributed by atoms with van der Waals surface area (Å²) in [5.41, 5.74) is -1.58. The molecular weight excluding hydrogens is 417 g/mol. The fraction of sp³-hybridized carbons (Fsp3) is 0.500. The fourth-order valence-electron chi connectivity index (χ4n) is 4.26. The van der Waals surface area contributed by atoms with E-state index in [0.29, 0.717) is 35.7 Å². The molecule has 3 aliphatic rings. The number of nitrogens with one attached hydrogen (secondary N) is 1. The predicted octanol–water partition coefficient (Wildman–Crippen LogP) is 4.40. The van der Waals surface area contributed by atoms with Crippen molar-refractivity contribution in [3.05, 3.63) is 28.8 Å². The molecule has 2 unspecified atom stereocenters. The molecule has 3 saturated heterocycles. The topological polar surface area (TPSA) is 63.4 Å². The summed E-state index contributed by atoms with van der Waals surface area (Å²) in [7, 11) is 1.40. The van der Waals surface area contributed by atoms with E-state index < -0.39 is 17.3 Å². The maximum absolute atomic E-state index is 14.3. The molecule has 3 aliphatic heterocycles. The smallest absolute Gasteiger partial charge is 0.419 e. The molecule has 2 aromatic heterocycles.